The number of hydrogen-bond donors (Lipinski definition) is 2. The van der Waals surface area contributed by atoms with Crippen LogP contribution in [-0.4, -0.2) is 60.9 Å². The molecule has 0 radical (unpaired) electrons. The molecule has 4 rings (SSSR count). The largest absolute Gasteiger partial charge is 0.397 e. The molecule has 0 saturated carbocycles. The molecule has 29 heavy (non-hydrogen) atoms. The van der Waals surface area contributed by atoms with Crippen LogP contribution in [0.4, 0.5) is 10.1 Å². The molecule has 1 aromatic heterocycles. The Bertz CT molecular complexity index is 896. The Morgan fingerprint density at radius 1 is 1.45 bits per heavy atom. The van der Waals surface area contributed by atoms with Crippen LogP contribution in [0.3, 0.4) is 0 Å². The Hall–Kier alpha value is -1.96. The molecule has 2 aromatic rings. The number of ether oxygens (including phenoxy) is 1. The predicted molar refractivity (Wildman–Crippen MR) is 112 cm³/mol. The highest BCUT2D eigenvalue weighted by atomic mass is 35.5. The summed E-state index contributed by atoms with van der Waals surface area (Å²) in [5, 5.41) is 3.65. The van der Waals surface area contributed by atoms with E-state index in [1.807, 2.05) is 0 Å². The topological polar surface area (TPSA) is 80.5 Å². The molecule has 1 aromatic carbocycles. The number of benzene rings is 1. The first kappa shape index (κ1) is 20.3. The van der Waals surface area contributed by atoms with Gasteiger partial charge >= 0.3 is 0 Å². The molecule has 2 aliphatic rings. The first-order chi connectivity index (χ1) is 14.0. The van der Waals surface area contributed by atoms with Crippen LogP contribution in [0.2, 0.25) is 5.02 Å². The SMILES string of the molecule is Nc1c(Cl)cc(C(=O)NCC2(F)CCN(CC3CCOC3)CC2)c2ncccc12. The molecule has 1 amide bonds. The highest BCUT2D eigenvalue weighted by molar-refractivity contribution is 6.35. The minimum atomic E-state index is -1.40. The molecule has 2 fully saturated rings. The summed E-state index contributed by atoms with van der Waals surface area (Å²) >= 11 is 6.18. The summed E-state index contributed by atoms with van der Waals surface area (Å²) in [4.78, 5) is 19.3. The number of rotatable bonds is 5. The van der Waals surface area contributed by atoms with Crippen molar-refractivity contribution < 1.29 is 13.9 Å². The molecule has 1 unspecified atom stereocenters. The first-order valence-electron chi connectivity index (χ1n) is 10.1. The molecule has 156 valence electrons. The van der Waals surface area contributed by atoms with Crippen molar-refractivity contribution in [3.05, 3.63) is 35.0 Å². The van der Waals surface area contributed by atoms with Crippen LogP contribution in [0.1, 0.15) is 29.6 Å². The summed E-state index contributed by atoms with van der Waals surface area (Å²) in [6, 6.07) is 5.00. The summed E-state index contributed by atoms with van der Waals surface area (Å²) in [5.41, 5.74) is 5.75. The molecule has 3 heterocycles. The lowest BCUT2D eigenvalue weighted by molar-refractivity contribution is 0.0476. The summed E-state index contributed by atoms with van der Waals surface area (Å²) in [5.74, 6) is 0.163. The van der Waals surface area contributed by atoms with Gasteiger partial charge < -0.3 is 20.7 Å². The molecule has 0 spiro atoms. The maximum absolute atomic E-state index is 15.3. The number of nitrogen functional groups attached to an aromatic ring is 1. The summed E-state index contributed by atoms with van der Waals surface area (Å²) < 4.78 is 20.7. The number of piperidine rings is 1. The molecular formula is C21H26ClFN4O2. The number of nitrogens with one attached hydrogen (secondary N) is 1. The zero-order valence-corrected chi connectivity index (χ0v) is 17.1. The number of carbonyl (C=O) groups is 1. The number of aromatic nitrogens is 1. The molecule has 0 bridgehead atoms. The summed E-state index contributed by atoms with van der Waals surface area (Å²) in [7, 11) is 0. The molecule has 1 atom stereocenters. The lowest BCUT2D eigenvalue weighted by Gasteiger charge is -2.37. The van der Waals surface area contributed by atoms with Crippen LogP contribution in [0.15, 0.2) is 24.4 Å². The standard InChI is InChI=1S/C21H26ClFN4O2/c22-17-10-16(19-15(18(17)24)2-1-6-25-19)20(28)26-13-21(23)4-7-27(8-5-21)11-14-3-9-29-12-14/h1-2,6,10,14H,3-5,7-9,11-13,24H2,(H,26,28). The van der Waals surface area contributed by atoms with Gasteiger partial charge in [0.1, 0.15) is 5.67 Å². The van der Waals surface area contributed by atoms with Gasteiger partial charge in [-0.05, 0) is 43.4 Å². The highest BCUT2D eigenvalue weighted by Gasteiger charge is 2.36. The third kappa shape index (κ3) is 4.47. The van der Waals surface area contributed by atoms with Crippen LogP contribution in [0.5, 0.6) is 0 Å². The van der Waals surface area contributed by atoms with Crippen molar-refractivity contribution >= 4 is 34.1 Å². The second kappa shape index (κ2) is 8.42. The average Bonchev–Trinajstić information content (AvgIpc) is 3.24. The van der Waals surface area contributed by atoms with E-state index in [9.17, 15) is 4.79 Å². The Morgan fingerprint density at radius 3 is 2.97 bits per heavy atom. The van der Waals surface area contributed by atoms with E-state index in [1.54, 1.807) is 18.3 Å². The third-order valence-electron chi connectivity index (χ3n) is 5.98. The van der Waals surface area contributed by atoms with E-state index in [4.69, 9.17) is 22.1 Å². The van der Waals surface area contributed by atoms with Crippen LogP contribution in [0, 0.1) is 5.92 Å². The van der Waals surface area contributed by atoms with Gasteiger partial charge in [-0.1, -0.05) is 11.6 Å². The van der Waals surface area contributed by atoms with Crippen molar-refractivity contribution in [3.63, 3.8) is 0 Å². The van der Waals surface area contributed by atoms with E-state index in [0.29, 0.717) is 54.0 Å². The van der Waals surface area contributed by atoms with Gasteiger partial charge in [-0.3, -0.25) is 9.78 Å². The maximum atomic E-state index is 15.3. The summed E-state index contributed by atoms with van der Waals surface area (Å²) in [6.07, 6.45) is 3.48. The third-order valence-corrected chi connectivity index (χ3v) is 6.30. The van der Waals surface area contributed by atoms with Gasteiger partial charge in [0.15, 0.2) is 0 Å². The van der Waals surface area contributed by atoms with Gasteiger partial charge in [-0.2, -0.15) is 0 Å². The van der Waals surface area contributed by atoms with Gasteiger partial charge in [0.05, 0.1) is 34.9 Å². The molecule has 0 aliphatic carbocycles. The molecule has 3 N–H and O–H groups in total. The zero-order valence-electron chi connectivity index (χ0n) is 16.3. The number of likely N-dealkylation sites (tertiary alicyclic amines) is 1. The smallest absolute Gasteiger partial charge is 0.253 e. The monoisotopic (exact) mass is 420 g/mol. The average molecular weight is 421 g/mol. The molecule has 2 aliphatic heterocycles. The van der Waals surface area contributed by atoms with E-state index in [2.05, 4.69) is 15.2 Å². The van der Waals surface area contributed by atoms with E-state index >= 15 is 4.39 Å². The number of nitrogens with zero attached hydrogens (tertiary/aromatic N) is 2. The van der Waals surface area contributed by atoms with E-state index in [-0.39, 0.29) is 11.6 Å². The van der Waals surface area contributed by atoms with Crippen LogP contribution >= 0.6 is 11.6 Å². The lowest BCUT2D eigenvalue weighted by atomic mass is 9.92. The van der Waals surface area contributed by atoms with Gasteiger partial charge in [0.25, 0.3) is 5.91 Å². The quantitative estimate of drug-likeness (QED) is 0.727. The van der Waals surface area contributed by atoms with E-state index in [1.165, 1.54) is 6.07 Å². The molecule has 6 nitrogen and oxygen atoms in total. The van der Waals surface area contributed by atoms with Crippen molar-refractivity contribution in [2.24, 2.45) is 5.92 Å². The van der Waals surface area contributed by atoms with E-state index < -0.39 is 11.6 Å². The highest BCUT2D eigenvalue weighted by Crippen LogP contribution is 2.31. The van der Waals surface area contributed by atoms with Crippen LogP contribution in [-0.2, 0) is 4.74 Å². The molecular weight excluding hydrogens is 395 g/mol. The second-order valence-electron chi connectivity index (χ2n) is 8.08. The Morgan fingerprint density at radius 2 is 2.24 bits per heavy atom. The lowest BCUT2D eigenvalue weighted by Crippen LogP contribution is -2.49. The minimum Gasteiger partial charge on any atom is -0.397 e. The van der Waals surface area contributed by atoms with Gasteiger partial charge in [0, 0.05) is 37.8 Å². The van der Waals surface area contributed by atoms with Crippen molar-refractivity contribution in [3.8, 4) is 0 Å². The number of halogens is 2. The van der Waals surface area contributed by atoms with Crippen LogP contribution in [0.25, 0.3) is 10.9 Å². The normalized spacial score (nSPS) is 22.1. The number of fused-ring (bicyclic) bond motifs is 1. The van der Waals surface area contributed by atoms with Crippen LogP contribution < -0.4 is 11.1 Å². The Labute approximate surface area is 174 Å². The number of alkyl halides is 1. The number of hydrogen-bond acceptors (Lipinski definition) is 5. The zero-order chi connectivity index (χ0) is 20.4. The Kier molecular flexibility index (Phi) is 5.90. The summed E-state index contributed by atoms with van der Waals surface area (Å²) in [6.45, 7) is 3.96. The molecule has 8 heteroatoms. The van der Waals surface area contributed by atoms with Crippen molar-refractivity contribution in [1.82, 2.24) is 15.2 Å². The number of pyridine rings is 1. The Balaban J connectivity index is 1.37. The predicted octanol–water partition coefficient (Wildman–Crippen LogP) is 3.04. The fraction of sp³-hybridized carbons (Fsp3) is 0.524. The fourth-order valence-corrected chi connectivity index (χ4v) is 4.36. The first-order valence-corrected chi connectivity index (χ1v) is 10.4. The van der Waals surface area contributed by atoms with Gasteiger partial charge in [-0.15, -0.1) is 0 Å². The maximum Gasteiger partial charge on any atom is 0.253 e. The van der Waals surface area contributed by atoms with Crippen molar-refractivity contribution in [2.45, 2.75) is 24.9 Å². The van der Waals surface area contributed by atoms with Crippen molar-refractivity contribution in [2.75, 3.05) is 45.1 Å². The van der Waals surface area contributed by atoms with Gasteiger partial charge in [0.2, 0.25) is 0 Å². The number of nitrogens with two attached hydrogens (primary N) is 1. The number of amides is 1. The number of anilines is 1. The van der Waals surface area contributed by atoms with E-state index in [0.717, 1.165) is 26.2 Å². The fourth-order valence-electron chi connectivity index (χ4n) is 4.15. The number of carbonyl (C=O) groups excluding carboxylic acids is 1. The van der Waals surface area contributed by atoms with Crippen molar-refractivity contribution in [1.29, 1.82) is 0 Å². The molecule has 2 saturated heterocycles. The second-order valence-corrected chi connectivity index (χ2v) is 8.49. The minimum absolute atomic E-state index is 0.0253. The van der Waals surface area contributed by atoms with Gasteiger partial charge in [-0.25, -0.2) is 4.39 Å².